The fourth-order valence-corrected chi connectivity index (χ4v) is 3.64. The standard InChI is InChI=1S/C13H21N5/c1-8-7-18(3-2-14-8)13-15-12(16-17-13)11-5-9-4-10(9)6-11/h8-11,14H,2-7H2,1H3,(H,15,16,17). The topological polar surface area (TPSA) is 56.8 Å². The Hall–Kier alpha value is -1.10. The molecule has 98 valence electrons. The molecule has 5 nitrogen and oxygen atoms in total. The molecule has 3 aliphatic rings. The second kappa shape index (κ2) is 3.95. The van der Waals surface area contributed by atoms with Crippen molar-refractivity contribution in [2.45, 2.75) is 38.1 Å². The molecule has 2 saturated carbocycles. The number of hydrogen-bond acceptors (Lipinski definition) is 4. The van der Waals surface area contributed by atoms with Crippen molar-refractivity contribution in [1.82, 2.24) is 20.5 Å². The summed E-state index contributed by atoms with van der Waals surface area (Å²) in [5, 5.41) is 11.0. The minimum atomic E-state index is 0.528. The Morgan fingerprint density at radius 1 is 1.22 bits per heavy atom. The van der Waals surface area contributed by atoms with Gasteiger partial charge in [-0.05, 0) is 38.0 Å². The van der Waals surface area contributed by atoms with Crippen molar-refractivity contribution in [3.63, 3.8) is 0 Å². The summed E-state index contributed by atoms with van der Waals surface area (Å²) in [5.74, 6) is 4.68. The van der Waals surface area contributed by atoms with Crippen molar-refractivity contribution in [1.29, 1.82) is 0 Å². The van der Waals surface area contributed by atoms with Gasteiger partial charge >= 0.3 is 0 Å². The summed E-state index contributed by atoms with van der Waals surface area (Å²) in [6, 6.07) is 0.528. The van der Waals surface area contributed by atoms with Gasteiger partial charge < -0.3 is 10.2 Å². The van der Waals surface area contributed by atoms with E-state index in [2.05, 4.69) is 27.3 Å². The summed E-state index contributed by atoms with van der Waals surface area (Å²) in [4.78, 5) is 7.03. The predicted octanol–water partition coefficient (Wildman–Crippen LogP) is 1.12. The zero-order valence-electron chi connectivity index (χ0n) is 10.9. The van der Waals surface area contributed by atoms with E-state index in [1.54, 1.807) is 0 Å². The lowest BCUT2D eigenvalue weighted by atomic mass is 10.0. The van der Waals surface area contributed by atoms with Gasteiger partial charge in [0, 0.05) is 31.6 Å². The highest BCUT2D eigenvalue weighted by Gasteiger charge is 2.47. The van der Waals surface area contributed by atoms with Crippen molar-refractivity contribution >= 4 is 5.95 Å². The highest BCUT2D eigenvalue weighted by atomic mass is 15.4. The summed E-state index contributed by atoms with van der Waals surface area (Å²) < 4.78 is 0. The number of nitrogens with one attached hydrogen (secondary N) is 2. The molecule has 3 fully saturated rings. The first-order valence-corrected chi connectivity index (χ1v) is 7.20. The van der Waals surface area contributed by atoms with E-state index < -0.39 is 0 Å². The lowest BCUT2D eigenvalue weighted by Gasteiger charge is -2.30. The molecular formula is C13H21N5. The number of hydrogen-bond donors (Lipinski definition) is 2. The number of nitrogens with zero attached hydrogens (tertiary/aromatic N) is 3. The van der Waals surface area contributed by atoms with Crippen LogP contribution in [0.5, 0.6) is 0 Å². The van der Waals surface area contributed by atoms with Gasteiger partial charge in [0.05, 0.1) is 0 Å². The van der Waals surface area contributed by atoms with Gasteiger partial charge in [0.2, 0.25) is 5.95 Å². The van der Waals surface area contributed by atoms with E-state index in [0.29, 0.717) is 12.0 Å². The van der Waals surface area contributed by atoms with Crippen molar-refractivity contribution in [2.75, 3.05) is 24.5 Å². The third-order valence-electron chi connectivity index (χ3n) is 4.77. The largest absolute Gasteiger partial charge is 0.337 e. The minimum Gasteiger partial charge on any atom is -0.337 e. The summed E-state index contributed by atoms with van der Waals surface area (Å²) in [6.07, 6.45) is 4.13. The number of H-pyrrole nitrogens is 1. The van der Waals surface area contributed by atoms with Crippen LogP contribution in [0.15, 0.2) is 0 Å². The number of piperazine rings is 1. The highest BCUT2D eigenvalue weighted by molar-refractivity contribution is 5.31. The van der Waals surface area contributed by atoms with Gasteiger partial charge in [0.15, 0.2) is 0 Å². The molecule has 0 spiro atoms. The Bertz CT molecular complexity index is 432. The Morgan fingerprint density at radius 2 is 2.06 bits per heavy atom. The molecule has 1 aromatic rings. The van der Waals surface area contributed by atoms with Crippen LogP contribution in [0.1, 0.15) is 37.9 Å². The van der Waals surface area contributed by atoms with Crippen LogP contribution in [0, 0.1) is 11.8 Å². The molecule has 1 saturated heterocycles. The van der Waals surface area contributed by atoms with Crippen molar-refractivity contribution in [3.8, 4) is 0 Å². The number of anilines is 1. The van der Waals surface area contributed by atoms with Gasteiger partial charge in [0.1, 0.15) is 5.82 Å². The predicted molar refractivity (Wildman–Crippen MR) is 69.6 cm³/mol. The van der Waals surface area contributed by atoms with Crippen LogP contribution >= 0.6 is 0 Å². The van der Waals surface area contributed by atoms with Crippen LogP contribution in [0.2, 0.25) is 0 Å². The first kappa shape index (κ1) is 10.8. The lowest BCUT2D eigenvalue weighted by Crippen LogP contribution is -2.49. The maximum Gasteiger partial charge on any atom is 0.244 e. The minimum absolute atomic E-state index is 0.528. The first-order chi connectivity index (χ1) is 8.79. The second-order valence-electron chi connectivity index (χ2n) is 6.25. The quantitative estimate of drug-likeness (QED) is 0.822. The van der Waals surface area contributed by atoms with Crippen molar-refractivity contribution < 1.29 is 0 Å². The Balaban J connectivity index is 1.47. The van der Waals surface area contributed by atoms with E-state index in [1.807, 2.05) is 0 Å². The molecule has 4 rings (SSSR count). The van der Waals surface area contributed by atoms with E-state index in [1.165, 1.54) is 19.3 Å². The SMILES string of the molecule is CC1CN(c2n[nH]c(C3CC4CC4C3)n2)CCN1. The fourth-order valence-electron chi connectivity index (χ4n) is 3.64. The van der Waals surface area contributed by atoms with Gasteiger partial charge in [-0.3, -0.25) is 5.10 Å². The second-order valence-corrected chi connectivity index (χ2v) is 6.25. The molecular weight excluding hydrogens is 226 g/mol. The third-order valence-corrected chi connectivity index (χ3v) is 4.77. The molecule has 2 heterocycles. The zero-order chi connectivity index (χ0) is 12.1. The highest BCUT2D eigenvalue weighted by Crippen LogP contribution is 2.56. The summed E-state index contributed by atoms with van der Waals surface area (Å²) in [5.41, 5.74) is 0. The molecule has 0 aromatic carbocycles. The summed E-state index contributed by atoms with van der Waals surface area (Å²) >= 11 is 0. The first-order valence-electron chi connectivity index (χ1n) is 7.20. The summed E-state index contributed by atoms with van der Waals surface area (Å²) in [6.45, 7) is 5.26. The Labute approximate surface area is 107 Å². The molecule has 1 aliphatic heterocycles. The molecule has 18 heavy (non-hydrogen) atoms. The van der Waals surface area contributed by atoms with Gasteiger partial charge in [-0.1, -0.05) is 0 Å². The van der Waals surface area contributed by atoms with E-state index in [9.17, 15) is 0 Å². The summed E-state index contributed by atoms with van der Waals surface area (Å²) in [7, 11) is 0. The molecule has 1 aromatic heterocycles. The van der Waals surface area contributed by atoms with Crippen LogP contribution < -0.4 is 10.2 Å². The molecule has 2 aliphatic carbocycles. The monoisotopic (exact) mass is 247 g/mol. The molecule has 3 atom stereocenters. The molecule has 0 radical (unpaired) electrons. The van der Waals surface area contributed by atoms with Crippen LogP contribution in [-0.4, -0.2) is 40.9 Å². The molecule has 0 bridgehead atoms. The third kappa shape index (κ3) is 1.81. The molecule has 2 N–H and O–H groups in total. The van der Waals surface area contributed by atoms with Gasteiger partial charge in [-0.15, -0.1) is 5.10 Å². The van der Waals surface area contributed by atoms with Gasteiger partial charge in [0.25, 0.3) is 0 Å². The normalized spacial score (nSPS) is 38.8. The average Bonchev–Trinajstić information content (AvgIpc) is 2.83. The van der Waals surface area contributed by atoms with Crippen LogP contribution in [0.25, 0.3) is 0 Å². The number of aromatic amines is 1. The maximum absolute atomic E-state index is 4.74. The van der Waals surface area contributed by atoms with E-state index in [-0.39, 0.29) is 0 Å². The van der Waals surface area contributed by atoms with Gasteiger partial charge in [-0.2, -0.15) is 4.98 Å². The maximum atomic E-state index is 4.74. The molecule has 0 amide bonds. The van der Waals surface area contributed by atoms with Gasteiger partial charge in [-0.25, -0.2) is 0 Å². The van der Waals surface area contributed by atoms with Crippen LogP contribution in [0.3, 0.4) is 0 Å². The fraction of sp³-hybridized carbons (Fsp3) is 0.846. The Morgan fingerprint density at radius 3 is 2.83 bits per heavy atom. The van der Waals surface area contributed by atoms with Crippen molar-refractivity contribution in [3.05, 3.63) is 5.82 Å². The van der Waals surface area contributed by atoms with E-state index >= 15 is 0 Å². The average molecular weight is 247 g/mol. The van der Waals surface area contributed by atoms with Crippen LogP contribution in [-0.2, 0) is 0 Å². The van der Waals surface area contributed by atoms with Crippen LogP contribution in [0.4, 0.5) is 5.95 Å². The number of aromatic nitrogens is 3. The lowest BCUT2D eigenvalue weighted by molar-refractivity contribution is 0.479. The van der Waals surface area contributed by atoms with Crippen molar-refractivity contribution in [2.24, 2.45) is 11.8 Å². The molecule has 3 unspecified atom stereocenters. The van der Waals surface area contributed by atoms with E-state index in [0.717, 1.165) is 43.2 Å². The number of fused-ring (bicyclic) bond motifs is 1. The smallest absolute Gasteiger partial charge is 0.244 e. The number of rotatable bonds is 2. The Kier molecular flexibility index (Phi) is 2.37. The van der Waals surface area contributed by atoms with E-state index in [4.69, 9.17) is 4.98 Å². The zero-order valence-corrected chi connectivity index (χ0v) is 10.9. The molecule has 5 heteroatoms.